The molecule has 0 aliphatic carbocycles. The number of aromatic nitrogens is 6. The zero-order chi connectivity index (χ0) is 23.6. The van der Waals surface area contributed by atoms with Gasteiger partial charge in [0.2, 0.25) is 0 Å². The number of rotatable bonds is 5. The first kappa shape index (κ1) is 21.2. The molecular formula is C26H24N8O. The van der Waals surface area contributed by atoms with Crippen LogP contribution in [0.25, 0.3) is 22.3 Å². The van der Waals surface area contributed by atoms with E-state index in [2.05, 4.69) is 36.8 Å². The first-order chi connectivity index (χ1) is 17.2. The molecule has 9 heteroatoms. The predicted molar refractivity (Wildman–Crippen MR) is 135 cm³/mol. The number of aryl methyl sites for hydroxylation is 1. The van der Waals surface area contributed by atoms with Crippen molar-refractivity contribution in [2.24, 2.45) is 0 Å². The van der Waals surface area contributed by atoms with Gasteiger partial charge in [-0.3, -0.25) is 0 Å². The van der Waals surface area contributed by atoms with Crippen LogP contribution in [-0.2, 0) is 0 Å². The highest BCUT2D eigenvalue weighted by Crippen LogP contribution is 2.30. The quantitative estimate of drug-likeness (QED) is 0.387. The van der Waals surface area contributed by atoms with Crippen molar-refractivity contribution in [1.82, 2.24) is 34.9 Å². The first-order valence-electron chi connectivity index (χ1n) is 11.6. The van der Waals surface area contributed by atoms with E-state index in [-0.39, 0.29) is 0 Å². The normalized spacial score (nSPS) is 14.0. The number of nitrogens with zero attached hydrogens (tertiary/aromatic N) is 6. The summed E-state index contributed by atoms with van der Waals surface area (Å²) >= 11 is 0. The zero-order valence-electron chi connectivity index (χ0n) is 19.3. The van der Waals surface area contributed by atoms with Crippen LogP contribution in [0, 0.1) is 6.92 Å². The predicted octanol–water partition coefficient (Wildman–Crippen LogP) is 4.68. The molecule has 1 aromatic carbocycles. The van der Waals surface area contributed by atoms with Crippen molar-refractivity contribution < 1.29 is 4.74 Å². The number of hydrogen-bond donors (Lipinski definition) is 2. The van der Waals surface area contributed by atoms with Crippen LogP contribution >= 0.6 is 0 Å². The van der Waals surface area contributed by atoms with E-state index in [1.54, 1.807) is 10.8 Å². The van der Waals surface area contributed by atoms with E-state index in [9.17, 15) is 0 Å². The first-order valence-corrected chi connectivity index (χ1v) is 11.6. The fourth-order valence-corrected chi connectivity index (χ4v) is 4.21. The van der Waals surface area contributed by atoms with E-state index in [0.717, 1.165) is 65.3 Å². The largest absolute Gasteiger partial charge is 0.457 e. The van der Waals surface area contributed by atoms with Gasteiger partial charge in [0, 0.05) is 18.0 Å². The highest BCUT2D eigenvalue weighted by atomic mass is 16.5. The Bertz CT molecular complexity index is 1560. The highest BCUT2D eigenvalue weighted by molar-refractivity contribution is 5.88. The molecule has 35 heavy (non-hydrogen) atoms. The van der Waals surface area contributed by atoms with Crippen LogP contribution in [0.2, 0.25) is 0 Å². The van der Waals surface area contributed by atoms with Gasteiger partial charge < -0.3 is 15.4 Å². The van der Waals surface area contributed by atoms with Crippen LogP contribution in [-0.4, -0.2) is 42.6 Å². The summed E-state index contributed by atoms with van der Waals surface area (Å²) in [6.45, 7) is 3.97. The highest BCUT2D eigenvalue weighted by Gasteiger charge is 2.12. The van der Waals surface area contributed by atoms with Gasteiger partial charge in [0.1, 0.15) is 29.7 Å². The smallest absolute Gasteiger partial charge is 0.160 e. The molecule has 5 aromatic rings. The van der Waals surface area contributed by atoms with E-state index in [1.165, 1.54) is 11.9 Å². The van der Waals surface area contributed by atoms with Crippen molar-refractivity contribution in [2.75, 3.05) is 18.4 Å². The minimum atomic E-state index is 0.675. The third-order valence-corrected chi connectivity index (χ3v) is 6.01. The molecule has 174 valence electrons. The van der Waals surface area contributed by atoms with E-state index < -0.39 is 0 Å². The molecular weight excluding hydrogens is 440 g/mol. The SMILES string of the molecule is Cc1cc(Nc2ncnc3ccc(C4=CCCNCC4)nc23)ccc1Oc1ccn2ncnc2c1. The summed E-state index contributed by atoms with van der Waals surface area (Å²) in [7, 11) is 0. The van der Waals surface area contributed by atoms with Gasteiger partial charge in [0.25, 0.3) is 0 Å². The van der Waals surface area contributed by atoms with Crippen LogP contribution < -0.4 is 15.4 Å². The number of fused-ring (bicyclic) bond motifs is 2. The Morgan fingerprint density at radius 2 is 1.97 bits per heavy atom. The fraction of sp³-hybridized carbons (Fsp3) is 0.192. The number of benzene rings is 1. The Morgan fingerprint density at radius 3 is 2.91 bits per heavy atom. The summed E-state index contributed by atoms with van der Waals surface area (Å²) in [5, 5.41) is 11.0. The molecule has 9 nitrogen and oxygen atoms in total. The number of nitrogens with one attached hydrogen (secondary N) is 2. The van der Waals surface area contributed by atoms with Crippen LogP contribution in [0.1, 0.15) is 24.1 Å². The lowest BCUT2D eigenvalue weighted by atomic mass is 10.1. The Balaban J connectivity index is 1.26. The lowest BCUT2D eigenvalue weighted by Gasteiger charge is -2.13. The van der Waals surface area contributed by atoms with Crippen molar-refractivity contribution >= 4 is 33.8 Å². The molecule has 6 rings (SSSR count). The maximum Gasteiger partial charge on any atom is 0.160 e. The maximum absolute atomic E-state index is 6.10. The Hall–Kier alpha value is -4.37. The van der Waals surface area contributed by atoms with Gasteiger partial charge in [-0.15, -0.1) is 0 Å². The third-order valence-electron chi connectivity index (χ3n) is 6.01. The molecule has 5 heterocycles. The van der Waals surface area contributed by atoms with Gasteiger partial charge in [0.05, 0.1) is 11.2 Å². The van der Waals surface area contributed by atoms with Gasteiger partial charge in [-0.05, 0) is 80.4 Å². The second-order valence-electron chi connectivity index (χ2n) is 8.44. The van der Waals surface area contributed by atoms with Crippen LogP contribution in [0.5, 0.6) is 11.5 Å². The number of ether oxygens (including phenoxy) is 1. The average molecular weight is 465 g/mol. The average Bonchev–Trinajstić information content (AvgIpc) is 3.17. The van der Waals surface area contributed by atoms with Crippen molar-refractivity contribution in [3.8, 4) is 11.5 Å². The molecule has 0 atom stereocenters. The molecule has 1 aliphatic rings. The molecule has 0 bridgehead atoms. The van der Waals surface area contributed by atoms with Crippen molar-refractivity contribution in [1.29, 1.82) is 0 Å². The summed E-state index contributed by atoms with van der Waals surface area (Å²) in [4.78, 5) is 18.0. The van der Waals surface area contributed by atoms with Crippen LogP contribution in [0.4, 0.5) is 11.5 Å². The van der Waals surface area contributed by atoms with E-state index in [0.29, 0.717) is 11.6 Å². The number of anilines is 2. The molecule has 1 aliphatic heterocycles. The van der Waals surface area contributed by atoms with Crippen LogP contribution in [0.3, 0.4) is 0 Å². The standard InChI is InChI=1S/C26H24N8O/c1-17-13-19(4-7-23(17)35-20-9-12-34-24(14-20)29-16-31-34)32-26-25-22(28-15-30-26)6-5-21(33-25)18-3-2-10-27-11-8-18/h3-7,9,12-16,27H,2,8,10-11H2,1H3,(H,28,30,32). The minimum Gasteiger partial charge on any atom is -0.457 e. The maximum atomic E-state index is 6.10. The summed E-state index contributed by atoms with van der Waals surface area (Å²) in [6, 6.07) is 13.7. The molecule has 0 fully saturated rings. The van der Waals surface area contributed by atoms with E-state index >= 15 is 0 Å². The molecule has 0 amide bonds. The van der Waals surface area contributed by atoms with Gasteiger partial charge in [-0.2, -0.15) is 5.10 Å². The number of hydrogen-bond acceptors (Lipinski definition) is 8. The lowest BCUT2D eigenvalue weighted by Crippen LogP contribution is -2.13. The zero-order valence-corrected chi connectivity index (χ0v) is 19.3. The molecule has 0 saturated heterocycles. The Kier molecular flexibility index (Phi) is 5.51. The Labute approximate surface area is 201 Å². The second-order valence-corrected chi connectivity index (χ2v) is 8.44. The summed E-state index contributed by atoms with van der Waals surface area (Å²) < 4.78 is 7.79. The molecule has 0 radical (unpaired) electrons. The number of pyridine rings is 2. The van der Waals surface area contributed by atoms with Crippen molar-refractivity contribution in [2.45, 2.75) is 19.8 Å². The van der Waals surface area contributed by atoms with Gasteiger partial charge >= 0.3 is 0 Å². The summed E-state index contributed by atoms with van der Waals surface area (Å²) in [6.07, 6.45) is 9.14. The lowest BCUT2D eigenvalue weighted by molar-refractivity contribution is 0.478. The molecule has 0 unspecified atom stereocenters. The van der Waals surface area contributed by atoms with Crippen LogP contribution in [0.15, 0.2) is 67.4 Å². The van der Waals surface area contributed by atoms with E-state index in [1.807, 2.05) is 55.6 Å². The molecule has 2 N–H and O–H groups in total. The van der Waals surface area contributed by atoms with E-state index in [4.69, 9.17) is 9.72 Å². The van der Waals surface area contributed by atoms with Gasteiger partial charge in [0.15, 0.2) is 11.5 Å². The van der Waals surface area contributed by atoms with Crippen molar-refractivity contribution in [3.63, 3.8) is 0 Å². The third kappa shape index (κ3) is 4.41. The molecule has 0 spiro atoms. The minimum absolute atomic E-state index is 0.675. The fourth-order valence-electron chi connectivity index (χ4n) is 4.21. The Morgan fingerprint density at radius 1 is 1.00 bits per heavy atom. The molecule has 4 aromatic heterocycles. The van der Waals surface area contributed by atoms with Gasteiger partial charge in [-0.25, -0.2) is 24.5 Å². The summed E-state index contributed by atoms with van der Waals surface area (Å²) in [5.41, 5.74) is 6.41. The second kappa shape index (κ2) is 9.11. The monoisotopic (exact) mass is 464 g/mol. The molecule has 0 saturated carbocycles. The topological polar surface area (TPSA) is 102 Å². The summed E-state index contributed by atoms with van der Waals surface area (Å²) in [5.74, 6) is 2.15. The van der Waals surface area contributed by atoms with Crippen molar-refractivity contribution in [3.05, 3.63) is 78.6 Å². The van der Waals surface area contributed by atoms with Gasteiger partial charge in [-0.1, -0.05) is 6.08 Å².